The van der Waals surface area contributed by atoms with Gasteiger partial charge in [0, 0.05) is 32.2 Å². The lowest BCUT2D eigenvalue weighted by atomic mass is 10.1. The fraction of sp³-hybridized carbons (Fsp3) is 1.00. The van der Waals surface area contributed by atoms with Gasteiger partial charge in [-0.1, -0.05) is 6.92 Å². The second-order valence-electron chi connectivity index (χ2n) is 4.33. The highest BCUT2D eigenvalue weighted by atomic mass is 15.3. The van der Waals surface area contributed by atoms with Crippen LogP contribution >= 0.6 is 0 Å². The molecule has 0 saturated carbocycles. The Bertz CT molecular complexity index is 141. The molecule has 1 unspecified atom stereocenters. The number of nitrogens with zero attached hydrogens (tertiary/aromatic N) is 2. The molecule has 0 radical (unpaired) electrons. The van der Waals surface area contributed by atoms with Crippen LogP contribution in [0.2, 0.25) is 0 Å². The first-order valence-electron chi connectivity index (χ1n) is 5.87. The number of piperazine rings is 1. The Morgan fingerprint density at radius 3 is 2.43 bits per heavy atom. The van der Waals surface area contributed by atoms with Crippen LogP contribution in [0.3, 0.4) is 0 Å². The predicted octanol–water partition coefficient (Wildman–Crippen LogP) is 0.622. The third-order valence-electron chi connectivity index (χ3n) is 3.15. The zero-order chi connectivity index (χ0) is 10.4. The van der Waals surface area contributed by atoms with Crippen molar-refractivity contribution in [3.05, 3.63) is 0 Å². The molecule has 1 saturated heterocycles. The Kier molecular flexibility index (Phi) is 5.45. The molecule has 14 heavy (non-hydrogen) atoms. The molecule has 0 bridgehead atoms. The van der Waals surface area contributed by atoms with Crippen LogP contribution in [0.25, 0.3) is 0 Å². The molecule has 0 amide bonds. The largest absolute Gasteiger partial charge is 0.317 e. The fourth-order valence-corrected chi connectivity index (χ4v) is 1.93. The van der Waals surface area contributed by atoms with Gasteiger partial charge in [0.25, 0.3) is 0 Å². The SMILES string of the molecule is CCNCCC(C)N1CCN(C)CC1. The highest BCUT2D eigenvalue weighted by Gasteiger charge is 2.18. The van der Waals surface area contributed by atoms with E-state index in [0.717, 1.165) is 19.1 Å². The number of likely N-dealkylation sites (N-methyl/N-ethyl adjacent to an activating group) is 1. The summed E-state index contributed by atoms with van der Waals surface area (Å²) in [5, 5.41) is 3.39. The van der Waals surface area contributed by atoms with Crippen molar-refractivity contribution in [3.63, 3.8) is 0 Å². The van der Waals surface area contributed by atoms with Crippen molar-refractivity contribution >= 4 is 0 Å². The molecule has 1 aliphatic heterocycles. The van der Waals surface area contributed by atoms with Crippen molar-refractivity contribution in [2.75, 3.05) is 46.3 Å². The van der Waals surface area contributed by atoms with E-state index < -0.39 is 0 Å². The van der Waals surface area contributed by atoms with E-state index in [1.54, 1.807) is 0 Å². The molecule has 3 nitrogen and oxygen atoms in total. The Labute approximate surface area is 88.5 Å². The van der Waals surface area contributed by atoms with E-state index in [1.165, 1.54) is 32.6 Å². The first-order valence-corrected chi connectivity index (χ1v) is 5.87. The zero-order valence-electron chi connectivity index (χ0n) is 9.92. The summed E-state index contributed by atoms with van der Waals surface area (Å²) in [6.07, 6.45) is 1.28. The van der Waals surface area contributed by atoms with Gasteiger partial charge in [0.05, 0.1) is 0 Å². The van der Waals surface area contributed by atoms with E-state index in [9.17, 15) is 0 Å². The van der Waals surface area contributed by atoms with Crippen molar-refractivity contribution in [2.24, 2.45) is 0 Å². The van der Waals surface area contributed by atoms with Crippen molar-refractivity contribution in [3.8, 4) is 0 Å². The van der Waals surface area contributed by atoms with Crippen LogP contribution in [-0.4, -0.2) is 62.2 Å². The first kappa shape index (κ1) is 12.0. The summed E-state index contributed by atoms with van der Waals surface area (Å²) >= 11 is 0. The Balaban J connectivity index is 2.13. The van der Waals surface area contributed by atoms with E-state index in [-0.39, 0.29) is 0 Å². The van der Waals surface area contributed by atoms with Gasteiger partial charge < -0.3 is 10.2 Å². The highest BCUT2D eigenvalue weighted by Crippen LogP contribution is 2.07. The minimum atomic E-state index is 0.739. The zero-order valence-corrected chi connectivity index (χ0v) is 9.92. The van der Waals surface area contributed by atoms with Gasteiger partial charge in [-0.25, -0.2) is 0 Å². The first-order chi connectivity index (χ1) is 6.74. The van der Waals surface area contributed by atoms with Crippen LogP contribution in [0.1, 0.15) is 20.3 Å². The molecular formula is C11H25N3. The van der Waals surface area contributed by atoms with E-state index in [2.05, 4.69) is 36.0 Å². The lowest BCUT2D eigenvalue weighted by Gasteiger charge is -2.36. The Hall–Kier alpha value is -0.120. The Morgan fingerprint density at radius 1 is 1.21 bits per heavy atom. The molecule has 0 aromatic carbocycles. The van der Waals surface area contributed by atoms with E-state index in [0.29, 0.717) is 0 Å². The van der Waals surface area contributed by atoms with Gasteiger partial charge in [-0.3, -0.25) is 4.90 Å². The number of hydrogen-bond acceptors (Lipinski definition) is 3. The van der Waals surface area contributed by atoms with Gasteiger partial charge >= 0.3 is 0 Å². The van der Waals surface area contributed by atoms with Gasteiger partial charge in [-0.15, -0.1) is 0 Å². The molecule has 0 aromatic rings. The molecule has 1 atom stereocenters. The smallest absolute Gasteiger partial charge is 0.0113 e. The van der Waals surface area contributed by atoms with Crippen molar-refractivity contribution in [1.29, 1.82) is 0 Å². The molecule has 1 N–H and O–H groups in total. The van der Waals surface area contributed by atoms with Gasteiger partial charge in [0.2, 0.25) is 0 Å². The highest BCUT2D eigenvalue weighted by molar-refractivity contribution is 4.74. The molecular weight excluding hydrogens is 174 g/mol. The lowest BCUT2D eigenvalue weighted by Crippen LogP contribution is -2.48. The molecule has 1 fully saturated rings. The van der Waals surface area contributed by atoms with E-state index >= 15 is 0 Å². The van der Waals surface area contributed by atoms with E-state index in [1.807, 2.05) is 0 Å². The molecule has 1 heterocycles. The van der Waals surface area contributed by atoms with Gasteiger partial charge in [0.15, 0.2) is 0 Å². The van der Waals surface area contributed by atoms with Crippen LogP contribution in [0, 0.1) is 0 Å². The second kappa shape index (κ2) is 6.38. The van der Waals surface area contributed by atoms with Crippen LogP contribution < -0.4 is 5.32 Å². The van der Waals surface area contributed by atoms with Crippen LogP contribution in [-0.2, 0) is 0 Å². The summed E-state index contributed by atoms with van der Waals surface area (Å²) in [5.41, 5.74) is 0. The molecule has 0 spiro atoms. The van der Waals surface area contributed by atoms with Gasteiger partial charge in [0.1, 0.15) is 0 Å². The number of hydrogen-bond donors (Lipinski definition) is 1. The maximum Gasteiger partial charge on any atom is 0.0113 e. The van der Waals surface area contributed by atoms with Gasteiger partial charge in [-0.2, -0.15) is 0 Å². The van der Waals surface area contributed by atoms with Crippen molar-refractivity contribution in [2.45, 2.75) is 26.3 Å². The second-order valence-corrected chi connectivity index (χ2v) is 4.33. The Morgan fingerprint density at radius 2 is 1.86 bits per heavy atom. The van der Waals surface area contributed by atoms with Gasteiger partial charge in [-0.05, 0) is 33.5 Å². The molecule has 1 rings (SSSR count). The minimum Gasteiger partial charge on any atom is -0.317 e. The third-order valence-corrected chi connectivity index (χ3v) is 3.15. The van der Waals surface area contributed by atoms with Crippen LogP contribution in [0.15, 0.2) is 0 Å². The van der Waals surface area contributed by atoms with Crippen molar-refractivity contribution in [1.82, 2.24) is 15.1 Å². The summed E-state index contributed by atoms with van der Waals surface area (Å²) in [6, 6.07) is 0.739. The summed E-state index contributed by atoms with van der Waals surface area (Å²) in [5.74, 6) is 0. The number of nitrogens with one attached hydrogen (secondary N) is 1. The number of rotatable bonds is 5. The van der Waals surface area contributed by atoms with E-state index in [4.69, 9.17) is 0 Å². The molecule has 1 aliphatic rings. The predicted molar refractivity (Wildman–Crippen MR) is 61.7 cm³/mol. The average Bonchev–Trinajstić information content (AvgIpc) is 2.19. The maximum absolute atomic E-state index is 3.39. The minimum absolute atomic E-state index is 0.739. The van der Waals surface area contributed by atoms with Crippen molar-refractivity contribution < 1.29 is 0 Å². The standard InChI is InChI=1S/C11H25N3/c1-4-12-6-5-11(2)14-9-7-13(3)8-10-14/h11-12H,4-10H2,1-3H3. The summed E-state index contributed by atoms with van der Waals surface area (Å²) in [7, 11) is 2.21. The monoisotopic (exact) mass is 199 g/mol. The normalized spacial score (nSPS) is 22.5. The summed E-state index contributed by atoms with van der Waals surface area (Å²) in [4.78, 5) is 5.02. The summed E-state index contributed by atoms with van der Waals surface area (Å²) in [6.45, 7) is 11.7. The topological polar surface area (TPSA) is 18.5 Å². The molecule has 84 valence electrons. The van der Waals surface area contributed by atoms with Crippen LogP contribution in [0.4, 0.5) is 0 Å². The van der Waals surface area contributed by atoms with Crippen LogP contribution in [0.5, 0.6) is 0 Å². The third kappa shape index (κ3) is 3.95. The molecule has 0 aromatic heterocycles. The summed E-state index contributed by atoms with van der Waals surface area (Å²) < 4.78 is 0. The quantitative estimate of drug-likeness (QED) is 0.655. The maximum atomic E-state index is 3.39. The molecule has 3 heteroatoms. The molecule has 0 aliphatic carbocycles. The lowest BCUT2D eigenvalue weighted by molar-refractivity contribution is 0.114. The average molecular weight is 199 g/mol. The fourth-order valence-electron chi connectivity index (χ4n) is 1.93.